The van der Waals surface area contributed by atoms with Crippen molar-refractivity contribution in [2.75, 3.05) is 6.54 Å². The molecule has 1 aliphatic heterocycles. The lowest BCUT2D eigenvalue weighted by atomic mass is 9.99. The second-order valence-corrected chi connectivity index (χ2v) is 6.23. The van der Waals surface area contributed by atoms with Crippen LogP contribution in [0.3, 0.4) is 0 Å². The highest BCUT2D eigenvalue weighted by Crippen LogP contribution is 2.34. The van der Waals surface area contributed by atoms with Gasteiger partial charge in [-0.3, -0.25) is 4.79 Å². The molecule has 1 aromatic carbocycles. The van der Waals surface area contributed by atoms with Gasteiger partial charge in [-0.1, -0.05) is 12.1 Å². The van der Waals surface area contributed by atoms with Gasteiger partial charge in [0, 0.05) is 12.1 Å². The van der Waals surface area contributed by atoms with E-state index < -0.39 is 29.2 Å². The topological polar surface area (TPSA) is 58.9 Å². The normalized spacial score (nSPS) is 20.8. The lowest BCUT2D eigenvalue weighted by Crippen LogP contribution is -2.52. The van der Waals surface area contributed by atoms with Crippen molar-refractivity contribution in [3.05, 3.63) is 47.5 Å². The Labute approximate surface area is 147 Å². The van der Waals surface area contributed by atoms with Crippen LogP contribution < -0.4 is 10.6 Å². The first-order valence-electron chi connectivity index (χ1n) is 8.23. The van der Waals surface area contributed by atoms with Crippen LogP contribution in [0.4, 0.5) is 17.6 Å². The number of nitrogens with zero attached hydrogens (tertiary/aromatic N) is 2. The van der Waals surface area contributed by atoms with Crippen molar-refractivity contribution >= 4 is 5.91 Å². The summed E-state index contributed by atoms with van der Waals surface area (Å²) in [6.07, 6.45) is -2.56. The fraction of sp³-hybridized carbons (Fsp3) is 0.412. The molecule has 2 heterocycles. The first-order chi connectivity index (χ1) is 12.3. The fourth-order valence-electron chi connectivity index (χ4n) is 3.08. The van der Waals surface area contributed by atoms with Gasteiger partial charge in [0.15, 0.2) is 5.69 Å². The number of hydrogen-bond acceptors (Lipinski definition) is 3. The molecule has 1 amide bonds. The monoisotopic (exact) mass is 370 g/mol. The summed E-state index contributed by atoms with van der Waals surface area (Å²) < 4.78 is 55.2. The Bertz CT molecular complexity index is 802. The second kappa shape index (κ2) is 7.06. The zero-order chi connectivity index (χ0) is 18.9. The molecular weight excluding hydrogens is 352 g/mol. The van der Waals surface area contributed by atoms with Crippen molar-refractivity contribution in [2.24, 2.45) is 0 Å². The zero-order valence-electron chi connectivity index (χ0n) is 14.0. The number of benzene rings is 1. The largest absolute Gasteiger partial charge is 0.434 e. The van der Waals surface area contributed by atoms with E-state index in [2.05, 4.69) is 15.7 Å². The van der Waals surface area contributed by atoms with Gasteiger partial charge in [-0.2, -0.15) is 18.3 Å². The molecule has 3 rings (SSSR count). The maximum Gasteiger partial charge on any atom is 0.434 e. The van der Waals surface area contributed by atoms with E-state index in [0.717, 1.165) is 25.2 Å². The molecule has 2 unspecified atom stereocenters. The van der Waals surface area contributed by atoms with Crippen LogP contribution >= 0.6 is 0 Å². The molecule has 2 aromatic rings. The van der Waals surface area contributed by atoms with E-state index in [1.807, 2.05) is 6.92 Å². The lowest BCUT2D eigenvalue weighted by Gasteiger charge is -2.30. The van der Waals surface area contributed by atoms with Gasteiger partial charge in [-0.05, 0) is 38.4 Å². The molecule has 5 nitrogen and oxygen atoms in total. The number of aromatic nitrogens is 2. The molecule has 0 saturated carbocycles. The van der Waals surface area contributed by atoms with Gasteiger partial charge < -0.3 is 10.6 Å². The van der Waals surface area contributed by atoms with Crippen LogP contribution in [0.15, 0.2) is 30.5 Å². The third-order valence-corrected chi connectivity index (χ3v) is 4.44. The van der Waals surface area contributed by atoms with E-state index >= 15 is 0 Å². The number of nitrogens with one attached hydrogen (secondary N) is 2. The molecule has 2 N–H and O–H groups in total. The Hall–Kier alpha value is -2.42. The first-order valence-corrected chi connectivity index (χ1v) is 8.23. The summed E-state index contributed by atoms with van der Waals surface area (Å²) in [5, 5.41) is 9.42. The minimum absolute atomic E-state index is 0.0522. The average Bonchev–Trinajstić information content (AvgIpc) is 3.02. The minimum Gasteiger partial charge on any atom is -0.348 e. The van der Waals surface area contributed by atoms with Gasteiger partial charge in [0.1, 0.15) is 11.5 Å². The molecule has 0 bridgehead atoms. The molecule has 0 spiro atoms. The van der Waals surface area contributed by atoms with Crippen molar-refractivity contribution in [3.63, 3.8) is 0 Å². The van der Waals surface area contributed by atoms with Crippen LogP contribution in [0, 0.1) is 5.82 Å². The van der Waals surface area contributed by atoms with Crippen LogP contribution in [-0.4, -0.2) is 34.3 Å². The van der Waals surface area contributed by atoms with E-state index in [0.29, 0.717) is 11.1 Å². The van der Waals surface area contributed by atoms with Crippen molar-refractivity contribution in [1.29, 1.82) is 0 Å². The number of carbonyl (C=O) groups is 1. The molecule has 1 aromatic heterocycles. The summed E-state index contributed by atoms with van der Waals surface area (Å²) in [5.41, 5.74) is -2.29. The highest BCUT2D eigenvalue weighted by atomic mass is 19.4. The van der Waals surface area contributed by atoms with E-state index in [4.69, 9.17) is 0 Å². The van der Waals surface area contributed by atoms with Crippen molar-refractivity contribution in [2.45, 2.75) is 38.0 Å². The number of amides is 1. The smallest absolute Gasteiger partial charge is 0.348 e. The standard InChI is InChI=1S/C17H18F4N4O/c1-10-13(6-4-8-22-10)24-16(26)11-9-23-25(15(11)17(19,20)21)14-7-3-2-5-12(14)18/h2-3,5,7,9-10,13,22H,4,6,8H2,1H3,(H,24,26). The zero-order valence-corrected chi connectivity index (χ0v) is 14.0. The Morgan fingerprint density at radius 3 is 2.73 bits per heavy atom. The molecule has 1 saturated heterocycles. The summed E-state index contributed by atoms with van der Waals surface area (Å²) in [6.45, 7) is 2.66. The van der Waals surface area contributed by atoms with Crippen LogP contribution in [0.25, 0.3) is 5.69 Å². The fourth-order valence-corrected chi connectivity index (χ4v) is 3.08. The number of halogens is 4. The quantitative estimate of drug-likeness (QED) is 0.817. The summed E-state index contributed by atoms with van der Waals surface area (Å²) >= 11 is 0. The SMILES string of the molecule is CC1NCCCC1NC(=O)c1cnn(-c2ccccc2F)c1C(F)(F)F. The number of carbonyl (C=O) groups excluding carboxylic acids is 1. The minimum atomic E-state index is -4.87. The number of para-hydroxylation sites is 1. The molecule has 1 aliphatic rings. The lowest BCUT2D eigenvalue weighted by molar-refractivity contribution is -0.143. The van der Waals surface area contributed by atoms with Crippen LogP contribution in [-0.2, 0) is 6.18 Å². The Morgan fingerprint density at radius 2 is 2.08 bits per heavy atom. The molecule has 9 heteroatoms. The van der Waals surface area contributed by atoms with Gasteiger partial charge in [-0.15, -0.1) is 0 Å². The van der Waals surface area contributed by atoms with E-state index in [1.165, 1.54) is 18.2 Å². The summed E-state index contributed by atoms with van der Waals surface area (Å²) in [6, 6.07) is 4.63. The van der Waals surface area contributed by atoms with E-state index in [-0.39, 0.29) is 17.8 Å². The van der Waals surface area contributed by atoms with Gasteiger partial charge >= 0.3 is 6.18 Å². The molecule has 2 atom stereocenters. The molecule has 0 aliphatic carbocycles. The third kappa shape index (κ3) is 3.57. The summed E-state index contributed by atoms with van der Waals surface area (Å²) in [4.78, 5) is 12.5. The molecule has 140 valence electrons. The van der Waals surface area contributed by atoms with E-state index in [9.17, 15) is 22.4 Å². The van der Waals surface area contributed by atoms with Crippen LogP contribution in [0.2, 0.25) is 0 Å². The van der Waals surface area contributed by atoms with Gasteiger partial charge in [0.25, 0.3) is 5.91 Å². The van der Waals surface area contributed by atoms with Gasteiger partial charge in [0.05, 0.1) is 11.8 Å². The average molecular weight is 370 g/mol. The molecule has 1 fully saturated rings. The predicted octanol–water partition coefficient (Wildman–Crippen LogP) is 2.90. The van der Waals surface area contributed by atoms with Crippen molar-refractivity contribution < 1.29 is 22.4 Å². The number of piperidine rings is 1. The summed E-state index contributed by atoms with van der Waals surface area (Å²) in [7, 11) is 0. The Kier molecular flexibility index (Phi) is 4.99. The predicted molar refractivity (Wildman–Crippen MR) is 86.5 cm³/mol. The van der Waals surface area contributed by atoms with Gasteiger partial charge in [-0.25, -0.2) is 9.07 Å². The number of alkyl halides is 3. The summed E-state index contributed by atoms with van der Waals surface area (Å²) in [5.74, 6) is -1.74. The molecule has 26 heavy (non-hydrogen) atoms. The van der Waals surface area contributed by atoms with E-state index in [1.54, 1.807) is 0 Å². The van der Waals surface area contributed by atoms with Crippen LogP contribution in [0.1, 0.15) is 35.8 Å². The number of hydrogen-bond donors (Lipinski definition) is 2. The highest BCUT2D eigenvalue weighted by Gasteiger charge is 2.41. The third-order valence-electron chi connectivity index (χ3n) is 4.44. The first kappa shape index (κ1) is 18.4. The maximum atomic E-state index is 13.9. The second-order valence-electron chi connectivity index (χ2n) is 6.23. The van der Waals surface area contributed by atoms with Crippen molar-refractivity contribution in [1.82, 2.24) is 20.4 Å². The van der Waals surface area contributed by atoms with Gasteiger partial charge in [0.2, 0.25) is 0 Å². The number of rotatable bonds is 3. The van der Waals surface area contributed by atoms with Crippen LogP contribution in [0.5, 0.6) is 0 Å². The Balaban J connectivity index is 1.97. The Morgan fingerprint density at radius 1 is 1.35 bits per heavy atom. The highest BCUT2D eigenvalue weighted by molar-refractivity contribution is 5.95. The molecule has 0 radical (unpaired) electrons. The van der Waals surface area contributed by atoms with Crippen molar-refractivity contribution in [3.8, 4) is 5.69 Å². The maximum absolute atomic E-state index is 13.9. The molecular formula is C17H18F4N4O.